The lowest BCUT2D eigenvalue weighted by atomic mass is 9.66. The fourth-order valence-electron chi connectivity index (χ4n) is 3.42. The van der Waals surface area contributed by atoms with Crippen LogP contribution in [0.2, 0.25) is 0 Å². The Kier molecular flexibility index (Phi) is 4.13. The average Bonchev–Trinajstić information content (AvgIpc) is 2.22. The molecule has 0 aromatic heterocycles. The standard InChI is InChI=1S/C15H20Br2O/c1-9-4-11(8-15(2,3)7-9)10-5-12(16)14(18)13(17)6-10/h5-6,9,11,18H,4,7-8H2,1-3H3. The lowest BCUT2D eigenvalue weighted by Crippen LogP contribution is -2.26. The lowest BCUT2D eigenvalue weighted by Gasteiger charge is -2.39. The van der Waals surface area contributed by atoms with E-state index in [-0.39, 0.29) is 0 Å². The third-order valence-corrected chi connectivity index (χ3v) is 5.11. The highest BCUT2D eigenvalue weighted by molar-refractivity contribution is 9.11. The average molecular weight is 376 g/mol. The molecule has 2 atom stereocenters. The van der Waals surface area contributed by atoms with Gasteiger partial charge in [-0.3, -0.25) is 0 Å². The molecule has 1 aliphatic carbocycles. The van der Waals surface area contributed by atoms with Crippen LogP contribution in [0.3, 0.4) is 0 Å². The van der Waals surface area contributed by atoms with Crippen LogP contribution in [-0.4, -0.2) is 5.11 Å². The maximum Gasteiger partial charge on any atom is 0.143 e. The van der Waals surface area contributed by atoms with E-state index < -0.39 is 0 Å². The van der Waals surface area contributed by atoms with E-state index in [0.717, 1.165) is 14.9 Å². The van der Waals surface area contributed by atoms with Gasteiger partial charge in [0.25, 0.3) is 0 Å². The van der Waals surface area contributed by atoms with Gasteiger partial charge in [-0.15, -0.1) is 0 Å². The second-order valence-corrected chi connectivity index (χ2v) is 8.15. The minimum absolute atomic E-state index is 0.293. The molecule has 2 rings (SSSR count). The van der Waals surface area contributed by atoms with Crippen LogP contribution in [0.25, 0.3) is 0 Å². The predicted octanol–water partition coefficient (Wildman–Crippen LogP) is 5.85. The van der Waals surface area contributed by atoms with Crippen molar-refractivity contribution in [1.29, 1.82) is 0 Å². The van der Waals surface area contributed by atoms with E-state index in [9.17, 15) is 5.11 Å². The van der Waals surface area contributed by atoms with Gasteiger partial charge in [0.2, 0.25) is 0 Å². The highest BCUT2D eigenvalue weighted by Crippen LogP contribution is 2.47. The first-order chi connectivity index (χ1) is 8.28. The zero-order valence-electron chi connectivity index (χ0n) is 11.1. The number of aromatic hydroxyl groups is 1. The van der Waals surface area contributed by atoms with Crippen LogP contribution < -0.4 is 0 Å². The molecule has 1 aromatic carbocycles. The number of halogens is 2. The summed E-state index contributed by atoms with van der Waals surface area (Å²) in [6.45, 7) is 7.07. The molecule has 1 saturated carbocycles. The molecule has 0 bridgehead atoms. The quantitative estimate of drug-likeness (QED) is 0.652. The van der Waals surface area contributed by atoms with Crippen LogP contribution in [0, 0.1) is 11.3 Å². The molecule has 0 aliphatic heterocycles. The minimum atomic E-state index is 0.293. The van der Waals surface area contributed by atoms with Crippen molar-refractivity contribution in [1.82, 2.24) is 0 Å². The number of rotatable bonds is 1. The van der Waals surface area contributed by atoms with E-state index in [1.165, 1.54) is 24.8 Å². The van der Waals surface area contributed by atoms with Crippen LogP contribution in [-0.2, 0) is 0 Å². The maximum atomic E-state index is 9.79. The Morgan fingerprint density at radius 3 is 2.22 bits per heavy atom. The largest absolute Gasteiger partial charge is 0.506 e. The van der Waals surface area contributed by atoms with Crippen LogP contribution >= 0.6 is 31.9 Å². The summed E-state index contributed by atoms with van der Waals surface area (Å²) in [6, 6.07) is 4.14. The molecule has 2 unspecified atom stereocenters. The van der Waals surface area contributed by atoms with Crippen molar-refractivity contribution in [3.8, 4) is 5.75 Å². The van der Waals surface area contributed by atoms with Crippen LogP contribution in [0.1, 0.15) is 51.5 Å². The minimum Gasteiger partial charge on any atom is -0.506 e. The summed E-state index contributed by atoms with van der Waals surface area (Å²) in [7, 11) is 0. The van der Waals surface area contributed by atoms with Crippen molar-refractivity contribution in [3.63, 3.8) is 0 Å². The molecule has 0 heterocycles. The lowest BCUT2D eigenvalue weighted by molar-refractivity contribution is 0.168. The number of benzene rings is 1. The summed E-state index contributed by atoms with van der Waals surface area (Å²) in [4.78, 5) is 0. The Balaban J connectivity index is 2.31. The highest BCUT2D eigenvalue weighted by Gasteiger charge is 2.33. The predicted molar refractivity (Wildman–Crippen MR) is 83.0 cm³/mol. The Morgan fingerprint density at radius 1 is 1.17 bits per heavy atom. The number of phenolic OH excluding ortho intramolecular Hbond substituents is 1. The first-order valence-electron chi connectivity index (χ1n) is 6.46. The molecule has 18 heavy (non-hydrogen) atoms. The van der Waals surface area contributed by atoms with Crippen molar-refractivity contribution in [2.24, 2.45) is 11.3 Å². The fourth-order valence-corrected chi connectivity index (χ4v) is 4.64. The highest BCUT2D eigenvalue weighted by atomic mass is 79.9. The van der Waals surface area contributed by atoms with E-state index in [2.05, 4.69) is 64.8 Å². The SMILES string of the molecule is CC1CC(c2cc(Br)c(O)c(Br)c2)CC(C)(C)C1. The molecule has 100 valence electrons. The monoisotopic (exact) mass is 374 g/mol. The summed E-state index contributed by atoms with van der Waals surface area (Å²) in [5, 5.41) is 9.79. The molecule has 1 aromatic rings. The molecule has 0 radical (unpaired) electrons. The molecule has 3 heteroatoms. The van der Waals surface area contributed by atoms with Gasteiger partial charge in [0, 0.05) is 0 Å². The van der Waals surface area contributed by atoms with Crippen molar-refractivity contribution in [3.05, 3.63) is 26.6 Å². The second-order valence-electron chi connectivity index (χ2n) is 6.44. The maximum absolute atomic E-state index is 9.79. The zero-order valence-corrected chi connectivity index (χ0v) is 14.3. The van der Waals surface area contributed by atoms with Crippen LogP contribution in [0.5, 0.6) is 5.75 Å². The van der Waals surface area contributed by atoms with Gasteiger partial charge >= 0.3 is 0 Å². The Bertz CT molecular complexity index is 431. The van der Waals surface area contributed by atoms with E-state index in [1.807, 2.05) is 0 Å². The molecule has 1 fully saturated rings. The Morgan fingerprint density at radius 2 is 1.72 bits per heavy atom. The normalized spacial score (nSPS) is 27.2. The number of phenols is 1. The zero-order chi connectivity index (χ0) is 13.5. The summed E-state index contributed by atoms with van der Waals surface area (Å²) in [5.41, 5.74) is 1.74. The van der Waals surface area contributed by atoms with Gasteiger partial charge in [-0.25, -0.2) is 0 Å². The summed E-state index contributed by atoms with van der Waals surface area (Å²) in [6.07, 6.45) is 3.78. The van der Waals surface area contributed by atoms with Gasteiger partial charge in [-0.05, 0) is 86.1 Å². The summed E-state index contributed by atoms with van der Waals surface area (Å²) < 4.78 is 1.56. The van der Waals surface area contributed by atoms with Crippen LogP contribution in [0.4, 0.5) is 0 Å². The first kappa shape index (κ1) is 14.4. The second kappa shape index (κ2) is 5.16. The third kappa shape index (κ3) is 3.11. The van der Waals surface area contributed by atoms with Gasteiger partial charge in [0.15, 0.2) is 0 Å². The van der Waals surface area contributed by atoms with E-state index in [4.69, 9.17) is 0 Å². The molecular weight excluding hydrogens is 356 g/mol. The smallest absolute Gasteiger partial charge is 0.143 e. The number of hydrogen-bond acceptors (Lipinski definition) is 1. The van der Waals surface area contributed by atoms with E-state index in [1.54, 1.807) is 0 Å². The van der Waals surface area contributed by atoms with Crippen molar-refractivity contribution in [2.45, 2.75) is 46.0 Å². The van der Waals surface area contributed by atoms with Gasteiger partial charge in [0.05, 0.1) is 8.95 Å². The summed E-state index contributed by atoms with van der Waals surface area (Å²) >= 11 is 6.85. The number of hydrogen-bond donors (Lipinski definition) is 1. The van der Waals surface area contributed by atoms with Gasteiger partial charge in [-0.2, -0.15) is 0 Å². The van der Waals surface area contributed by atoms with Gasteiger partial charge < -0.3 is 5.11 Å². The molecule has 0 spiro atoms. The first-order valence-corrected chi connectivity index (χ1v) is 8.05. The summed E-state index contributed by atoms with van der Waals surface area (Å²) in [5.74, 6) is 1.66. The topological polar surface area (TPSA) is 20.2 Å². The molecule has 1 nitrogen and oxygen atoms in total. The fraction of sp³-hybridized carbons (Fsp3) is 0.600. The Labute approximate surface area is 126 Å². The molecule has 0 saturated heterocycles. The third-order valence-electron chi connectivity index (χ3n) is 3.90. The van der Waals surface area contributed by atoms with Gasteiger partial charge in [-0.1, -0.05) is 20.8 Å². The molecular formula is C15H20Br2O. The van der Waals surface area contributed by atoms with E-state index in [0.29, 0.717) is 17.1 Å². The van der Waals surface area contributed by atoms with Crippen molar-refractivity contribution >= 4 is 31.9 Å². The molecule has 1 N–H and O–H groups in total. The molecule has 1 aliphatic rings. The van der Waals surface area contributed by atoms with E-state index >= 15 is 0 Å². The van der Waals surface area contributed by atoms with Gasteiger partial charge in [0.1, 0.15) is 5.75 Å². The molecule has 0 amide bonds. The Hall–Kier alpha value is -0.0200. The van der Waals surface area contributed by atoms with Crippen LogP contribution in [0.15, 0.2) is 21.1 Å². The van der Waals surface area contributed by atoms with Crippen molar-refractivity contribution in [2.75, 3.05) is 0 Å². The van der Waals surface area contributed by atoms with Crippen molar-refractivity contribution < 1.29 is 5.11 Å².